The van der Waals surface area contributed by atoms with Crippen molar-refractivity contribution in [1.82, 2.24) is 25.6 Å². The van der Waals surface area contributed by atoms with Crippen molar-refractivity contribution in [3.63, 3.8) is 0 Å². The molecule has 0 radical (unpaired) electrons. The molecule has 2 aromatic heterocycles. The number of thioether (sulfide) groups is 1. The molecule has 1 atom stereocenters. The highest BCUT2D eigenvalue weighted by Crippen LogP contribution is 2.38. The number of aromatic nitrogens is 3. The molecule has 0 saturated heterocycles. The van der Waals surface area contributed by atoms with Crippen LogP contribution in [0.5, 0.6) is 5.75 Å². The van der Waals surface area contributed by atoms with Gasteiger partial charge in [0.05, 0.1) is 31.1 Å². The maximum Gasteiger partial charge on any atom is 0.242 e. The fourth-order valence-electron chi connectivity index (χ4n) is 4.80. The number of carbonyl (C=O) groups is 2. The molecule has 3 N–H and O–H groups in total. The first-order chi connectivity index (χ1) is 20.0. The smallest absolute Gasteiger partial charge is 0.242 e. The molecule has 8 nitrogen and oxygen atoms in total. The molecule has 41 heavy (non-hydrogen) atoms. The Morgan fingerprint density at radius 3 is 2.61 bits per heavy atom. The zero-order valence-electron chi connectivity index (χ0n) is 23.1. The summed E-state index contributed by atoms with van der Waals surface area (Å²) in [7, 11) is 3.19. The van der Waals surface area contributed by atoms with Crippen LogP contribution < -0.4 is 15.4 Å². The van der Waals surface area contributed by atoms with Gasteiger partial charge < -0.3 is 20.4 Å². The average Bonchev–Trinajstić information content (AvgIpc) is 3.55. The van der Waals surface area contributed by atoms with Crippen molar-refractivity contribution in [3.8, 4) is 28.1 Å². The molecule has 2 amide bonds. The molecule has 0 aliphatic carbocycles. The van der Waals surface area contributed by atoms with Crippen LogP contribution in [0.3, 0.4) is 0 Å². The third-order valence-corrected chi connectivity index (χ3v) is 7.95. The van der Waals surface area contributed by atoms with E-state index in [1.165, 1.54) is 11.8 Å². The van der Waals surface area contributed by atoms with Gasteiger partial charge in [0.25, 0.3) is 0 Å². The lowest BCUT2D eigenvalue weighted by Crippen LogP contribution is -2.47. The maximum absolute atomic E-state index is 13.2. The van der Waals surface area contributed by atoms with Gasteiger partial charge in [-0.15, -0.1) is 11.8 Å². The summed E-state index contributed by atoms with van der Waals surface area (Å²) in [5, 5.41) is 7.75. The Balaban J connectivity index is 1.38. The quantitative estimate of drug-likeness (QED) is 0.202. The minimum Gasteiger partial charge on any atom is -0.496 e. The van der Waals surface area contributed by atoms with Crippen LogP contribution >= 0.6 is 11.8 Å². The average molecular weight is 566 g/mol. The van der Waals surface area contributed by atoms with Crippen LogP contribution in [0.4, 0.5) is 0 Å². The van der Waals surface area contributed by atoms with Crippen molar-refractivity contribution >= 4 is 34.3 Å². The highest BCUT2D eigenvalue weighted by Gasteiger charge is 2.21. The summed E-state index contributed by atoms with van der Waals surface area (Å²) in [6.07, 6.45) is 7.38. The minimum atomic E-state index is -0.716. The second kappa shape index (κ2) is 12.7. The zero-order chi connectivity index (χ0) is 28.8. The van der Waals surface area contributed by atoms with Gasteiger partial charge in [-0.05, 0) is 47.0 Å². The van der Waals surface area contributed by atoms with Gasteiger partial charge in [0, 0.05) is 47.4 Å². The van der Waals surface area contributed by atoms with Gasteiger partial charge in [0.1, 0.15) is 11.8 Å². The number of rotatable bonds is 10. The Bertz CT molecular complexity index is 1690. The normalized spacial score (nSPS) is 11.7. The largest absolute Gasteiger partial charge is 0.496 e. The van der Waals surface area contributed by atoms with Gasteiger partial charge in [0.15, 0.2) is 0 Å². The number of aromatic amines is 1. The van der Waals surface area contributed by atoms with E-state index in [9.17, 15) is 9.59 Å². The number of fused-ring (bicyclic) bond motifs is 1. The number of methoxy groups -OCH3 is 1. The molecule has 2 heterocycles. The molecule has 0 bridgehead atoms. The van der Waals surface area contributed by atoms with Gasteiger partial charge in [-0.1, -0.05) is 42.5 Å². The van der Waals surface area contributed by atoms with Crippen molar-refractivity contribution in [2.75, 3.05) is 19.9 Å². The highest BCUT2D eigenvalue weighted by molar-refractivity contribution is 8.00. The lowest BCUT2D eigenvalue weighted by atomic mass is 9.98. The summed E-state index contributed by atoms with van der Waals surface area (Å²) in [6.45, 7) is 1.96. The molecule has 0 spiro atoms. The van der Waals surface area contributed by atoms with Crippen LogP contribution in [-0.4, -0.2) is 52.7 Å². The summed E-state index contributed by atoms with van der Waals surface area (Å²) in [6, 6.07) is 19.4. The Morgan fingerprint density at radius 2 is 1.83 bits per heavy atom. The van der Waals surface area contributed by atoms with Crippen molar-refractivity contribution < 1.29 is 14.3 Å². The Morgan fingerprint density at radius 1 is 1.00 bits per heavy atom. The molecule has 0 saturated carbocycles. The monoisotopic (exact) mass is 565 g/mol. The second-order valence-electron chi connectivity index (χ2n) is 9.62. The standard InChI is InChI=1S/C32H31N5O3S/c1-20-8-9-21(13-28(20)40-3)12-26(32(39)33-2)37-30(38)18-41-29-11-10-22-6-4-5-7-25(22)31(29)24-14-23(15-34-16-24)27-17-35-19-36-27/h4-11,13-17,19,26H,12,18H2,1-3H3,(H,33,39)(H,35,36)(H,37,38)/t26-/m0/s1. The third-order valence-electron chi connectivity index (χ3n) is 6.90. The Hall–Kier alpha value is -4.63. The van der Waals surface area contributed by atoms with E-state index >= 15 is 0 Å². The SMILES string of the molecule is CNC(=O)[C@H](Cc1ccc(C)c(OC)c1)NC(=O)CSc1ccc2ccccc2c1-c1cncc(-c2cnc[nH]2)c1. The highest BCUT2D eigenvalue weighted by atomic mass is 32.2. The van der Waals surface area contributed by atoms with E-state index in [0.717, 1.165) is 54.9 Å². The van der Waals surface area contributed by atoms with Gasteiger partial charge in [-0.25, -0.2) is 4.98 Å². The fraction of sp³-hybridized carbons (Fsp3) is 0.188. The number of nitrogens with zero attached hydrogens (tertiary/aromatic N) is 2. The first-order valence-corrected chi connectivity index (χ1v) is 14.2. The predicted molar refractivity (Wildman–Crippen MR) is 163 cm³/mol. The molecule has 0 aliphatic rings. The molecule has 3 aromatic carbocycles. The summed E-state index contributed by atoms with van der Waals surface area (Å²) in [5.74, 6) is 0.404. The van der Waals surface area contributed by atoms with Crippen LogP contribution in [0, 0.1) is 6.92 Å². The summed E-state index contributed by atoms with van der Waals surface area (Å²) in [4.78, 5) is 38.6. The summed E-state index contributed by atoms with van der Waals surface area (Å²) < 4.78 is 5.43. The number of hydrogen-bond acceptors (Lipinski definition) is 6. The number of pyridine rings is 1. The number of hydrogen-bond donors (Lipinski definition) is 3. The van der Waals surface area contributed by atoms with Gasteiger partial charge >= 0.3 is 0 Å². The first kappa shape index (κ1) is 27.9. The molecule has 0 aliphatic heterocycles. The molecule has 0 fully saturated rings. The molecule has 5 aromatic rings. The molecular formula is C32H31N5O3S. The van der Waals surface area contributed by atoms with Gasteiger partial charge in [0.2, 0.25) is 11.8 Å². The van der Waals surface area contributed by atoms with E-state index < -0.39 is 6.04 Å². The van der Waals surface area contributed by atoms with Crippen molar-refractivity contribution in [2.45, 2.75) is 24.3 Å². The molecule has 0 unspecified atom stereocenters. The lowest BCUT2D eigenvalue weighted by molar-refractivity contribution is -0.127. The fourth-order valence-corrected chi connectivity index (χ4v) is 5.70. The lowest BCUT2D eigenvalue weighted by Gasteiger charge is -2.19. The Kier molecular flexibility index (Phi) is 8.64. The summed E-state index contributed by atoms with van der Waals surface area (Å²) >= 11 is 1.43. The van der Waals surface area contributed by atoms with E-state index in [1.54, 1.807) is 32.9 Å². The first-order valence-electron chi connectivity index (χ1n) is 13.2. The molecule has 208 valence electrons. The van der Waals surface area contributed by atoms with E-state index in [2.05, 4.69) is 49.9 Å². The van der Waals surface area contributed by atoms with Crippen LogP contribution in [0.25, 0.3) is 33.2 Å². The molecule has 5 rings (SSSR count). The van der Waals surface area contributed by atoms with Crippen LogP contribution in [0.15, 0.2) is 90.5 Å². The Labute approximate surface area is 243 Å². The van der Waals surface area contributed by atoms with E-state index in [0.29, 0.717) is 6.42 Å². The van der Waals surface area contributed by atoms with Gasteiger partial charge in [-0.2, -0.15) is 0 Å². The number of ether oxygens (including phenoxy) is 1. The number of benzene rings is 3. The summed E-state index contributed by atoms with van der Waals surface area (Å²) in [5.41, 5.74) is 5.64. The topological polar surface area (TPSA) is 109 Å². The molecule has 9 heteroatoms. The van der Waals surface area contributed by atoms with Crippen LogP contribution in [0.2, 0.25) is 0 Å². The number of likely N-dealkylation sites (N-methyl/N-ethyl adjacent to an activating group) is 1. The minimum absolute atomic E-state index is 0.143. The number of H-pyrrole nitrogens is 1. The number of carbonyl (C=O) groups excluding carboxylic acids is 2. The van der Waals surface area contributed by atoms with Crippen molar-refractivity contribution in [2.24, 2.45) is 0 Å². The van der Waals surface area contributed by atoms with E-state index in [1.807, 2.05) is 49.5 Å². The maximum atomic E-state index is 13.2. The van der Waals surface area contributed by atoms with E-state index in [-0.39, 0.29) is 17.6 Å². The predicted octanol–water partition coefficient (Wildman–Crippen LogP) is 5.17. The van der Waals surface area contributed by atoms with Crippen LogP contribution in [-0.2, 0) is 16.0 Å². The number of amides is 2. The van der Waals surface area contributed by atoms with Gasteiger partial charge in [-0.3, -0.25) is 14.6 Å². The van der Waals surface area contributed by atoms with Crippen molar-refractivity contribution in [3.05, 3.63) is 96.7 Å². The number of nitrogens with one attached hydrogen (secondary N) is 3. The molecular weight excluding hydrogens is 534 g/mol. The van der Waals surface area contributed by atoms with Crippen LogP contribution in [0.1, 0.15) is 11.1 Å². The van der Waals surface area contributed by atoms with Crippen molar-refractivity contribution in [1.29, 1.82) is 0 Å². The van der Waals surface area contributed by atoms with E-state index in [4.69, 9.17) is 4.74 Å². The number of imidazole rings is 1. The third kappa shape index (κ3) is 6.41. The second-order valence-corrected chi connectivity index (χ2v) is 10.6. The number of aryl methyl sites for hydroxylation is 1. The zero-order valence-corrected chi connectivity index (χ0v) is 23.9.